The van der Waals surface area contributed by atoms with E-state index in [1.54, 1.807) is 0 Å². The summed E-state index contributed by atoms with van der Waals surface area (Å²) >= 11 is 0. The van der Waals surface area contributed by atoms with Crippen molar-refractivity contribution in [2.24, 2.45) is 11.8 Å². The first kappa shape index (κ1) is 21.5. The van der Waals surface area contributed by atoms with Gasteiger partial charge in [0.25, 0.3) is 0 Å². The number of ether oxygens (including phenoxy) is 2. The third-order valence-electron chi connectivity index (χ3n) is 7.54. The zero-order chi connectivity index (χ0) is 22.7. The second-order valence-corrected chi connectivity index (χ2v) is 10.2. The van der Waals surface area contributed by atoms with E-state index in [-0.39, 0.29) is 30.2 Å². The van der Waals surface area contributed by atoms with E-state index in [0.717, 1.165) is 23.2 Å². The second kappa shape index (κ2) is 7.63. The molecule has 0 bridgehead atoms. The fourth-order valence-electron chi connectivity index (χ4n) is 5.01. The summed E-state index contributed by atoms with van der Waals surface area (Å²) in [7, 11) is -0.376. The highest BCUT2D eigenvalue weighted by Gasteiger charge is 2.60. The van der Waals surface area contributed by atoms with Crippen LogP contribution < -0.4 is 10.2 Å². The molecule has 0 aromatic heterocycles. The van der Waals surface area contributed by atoms with Crippen LogP contribution >= 0.6 is 0 Å². The number of hydrogen-bond donors (Lipinski definition) is 0. The first-order valence-corrected chi connectivity index (χ1v) is 11.6. The number of esters is 1. The van der Waals surface area contributed by atoms with Gasteiger partial charge in [-0.15, -0.1) is 0 Å². The fraction of sp³-hybridized carbons (Fsp3) is 0.500. The lowest BCUT2D eigenvalue weighted by molar-refractivity contribution is -0.145. The number of benzene rings is 2. The van der Waals surface area contributed by atoms with Crippen LogP contribution in [0.4, 0.5) is 0 Å². The van der Waals surface area contributed by atoms with Gasteiger partial charge in [-0.25, -0.2) is 0 Å². The lowest BCUT2D eigenvalue weighted by Gasteiger charge is -2.32. The number of fused-ring (bicyclic) bond motifs is 3. The molecule has 0 radical (unpaired) electrons. The lowest BCUT2D eigenvalue weighted by Crippen LogP contribution is -2.41. The van der Waals surface area contributed by atoms with Crippen molar-refractivity contribution < 1.29 is 23.6 Å². The van der Waals surface area contributed by atoms with Gasteiger partial charge in [-0.1, -0.05) is 30.3 Å². The van der Waals surface area contributed by atoms with Gasteiger partial charge >= 0.3 is 13.1 Å². The summed E-state index contributed by atoms with van der Waals surface area (Å²) in [5.74, 6) is 1.59. The zero-order valence-corrected chi connectivity index (χ0v) is 19.5. The Balaban J connectivity index is 1.23. The van der Waals surface area contributed by atoms with E-state index in [2.05, 4.69) is 52.0 Å². The van der Waals surface area contributed by atoms with Gasteiger partial charge in [-0.05, 0) is 81.2 Å². The van der Waals surface area contributed by atoms with Gasteiger partial charge in [0.1, 0.15) is 12.4 Å². The summed E-state index contributed by atoms with van der Waals surface area (Å²) in [4.78, 5) is 12.1. The van der Waals surface area contributed by atoms with Gasteiger partial charge in [0.15, 0.2) is 0 Å². The van der Waals surface area contributed by atoms with E-state index >= 15 is 0 Å². The summed E-state index contributed by atoms with van der Waals surface area (Å²) in [5, 5.41) is 0. The molecule has 3 aliphatic rings. The Morgan fingerprint density at radius 1 is 1.09 bits per heavy atom. The summed E-state index contributed by atoms with van der Waals surface area (Å²) in [5.41, 5.74) is 3.93. The highest BCUT2D eigenvalue weighted by atomic mass is 16.7. The number of carbonyl (C=O) groups excluding carboxylic acids is 1. The van der Waals surface area contributed by atoms with E-state index in [9.17, 15) is 4.79 Å². The summed E-state index contributed by atoms with van der Waals surface area (Å²) in [6.45, 7) is 11.0. The van der Waals surface area contributed by atoms with Crippen molar-refractivity contribution in [3.05, 3.63) is 59.2 Å². The molecule has 168 valence electrons. The van der Waals surface area contributed by atoms with Gasteiger partial charge in [0, 0.05) is 5.92 Å². The van der Waals surface area contributed by atoms with Crippen molar-refractivity contribution in [1.29, 1.82) is 0 Å². The molecule has 2 aromatic rings. The molecule has 5 rings (SSSR count). The van der Waals surface area contributed by atoms with Crippen LogP contribution in [0.3, 0.4) is 0 Å². The largest absolute Gasteiger partial charge is 0.494 e. The molecule has 3 atom stereocenters. The van der Waals surface area contributed by atoms with Crippen LogP contribution in [0, 0.1) is 11.8 Å². The Morgan fingerprint density at radius 2 is 1.84 bits per heavy atom. The maximum atomic E-state index is 12.1. The minimum Gasteiger partial charge on any atom is -0.489 e. The molecule has 5 nitrogen and oxygen atoms in total. The van der Waals surface area contributed by atoms with Gasteiger partial charge in [-0.2, -0.15) is 0 Å². The zero-order valence-electron chi connectivity index (χ0n) is 19.5. The summed E-state index contributed by atoms with van der Waals surface area (Å²) in [6, 6.07) is 14.5. The summed E-state index contributed by atoms with van der Waals surface area (Å²) < 4.78 is 23.7. The molecular formula is C26H31BO5. The Hall–Kier alpha value is -2.31. The number of hydrogen-bond acceptors (Lipinski definition) is 5. The van der Waals surface area contributed by atoms with Crippen molar-refractivity contribution >= 4 is 18.6 Å². The molecule has 1 heterocycles. The van der Waals surface area contributed by atoms with Crippen LogP contribution in [0.1, 0.15) is 57.2 Å². The average Bonchev–Trinajstić information content (AvgIpc) is 3.25. The molecule has 0 amide bonds. The Kier molecular flexibility index (Phi) is 5.14. The predicted octanol–water partition coefficient (Wildman–Crippen LogP) is 4.01. The smallest absolute Gasteiger partial charge is 0.489 e. The highest BCUT2D eigenvalue weighted by Crippen LogP contribution is 2.62. The van der Waals surface area contributed by atoms with Crippen molar-refractivity contribution in [3.8, 4) is 5.75 Å². The van der Waals surface area contributed by atoms with E-state index in [1.807, 2.05) is 25.1 Å². The molecule has 1 aliphatic heterocycles. The Labute approximate surface area is 190 Å². The van der Waals surface area contributed by atoms with Crippen molar-refractivity contribution in [2.75, 3.05) is 6.61 Å². The van der Waals surface area contributed by atoms with Crippen molar-refractivity contribution in [3.63, 3.8) is 0 Å². The van der Waals surface area contributed by atoms with Gasteiger partial charge in [-0.3, -0.25) is 4.79 Å². The second-order valence-electron chi connectivity index (χ2n) is 10.2. The highest BCUT2D eigenvalue weighted by molar-refractivity contribution is 6.62. The van der Waals surface area contributed by atoms with Crippen molar-refractivity contribution in [1.82, 2.24) is 0 Å². The third-order valence-corrected chi connectivity index (χ3v) is 7.54. The molecule has 2 fully saturated rings. The van der Waals surface area contributed by atoms with Crippen LogP contribution in [0.15, 0.2) is 42.5 Å². The molecule has 2 aromatic carbocycles. The standard InChI is InChI=1S/C26H31BO5/c1-6-29-24(28)23-21-14-17-13-19(10-11-20(17)22(21)23)30-15-16-8-7-9-18(12-16)27-31-25(2,3)26(4,5)32-27/h7-13,21-23H,6,14-15H2,1-5H3. The minimum atomic E-state index is -0.376. The molecule has 1 saturated heterocycles. The quantitative estimate of drug-likeness (QED) is 0.508. The fourth-order valence-corrected chi connectivity index (χ4v) is 5.01. The SMILES string of the molecule is CCOC(=O)C1C2Cc3cc(OCc4cccc(B5OC(C)(C)C(C)(C)O5)c4)ccc3C21. The third kappa shape index (κ3) is 3.63. The number of carbonyl (C=O) groups is 1. The normalized spacial score (nSPS) is 26.4. The van der Waals surface area contributed by atoms with Crippen LogP contribution in [0.2, 0.25) is 0 Å². The maximum absolute atomic E-state index is 12.1. The van der Waals surface area contributed by atoms with Gasteiger partial charge in [0.2, 0.25) is 0 Å². The molecule has 0 N–H and O–H groups in total. The Bertz CT molecular complexity index is 1030. The van der Waals surface area contributed by atoms with Gasteiger partial charge < -0.3 is 18.8 Å². The Morgan fingerprint density at radius 3 is 2.56 bits per heavy atom. The van der Waals surface area contributed by atoms with E-state index in [1.165, 1.54) is 11.1 Å². The van der Waals surface area contributed by atoms with Crippen molar-refractivity contribution in [2.45, 2.75) is 64.8 Å². The van der Waals surface area contributed by atoms with E-state index < -0.39 is 0 Å². The molecule has 2 aliphatic carbocycles. The molecule has 0 spiro atoms. The maximum Gasteiger partial charge on any atom is 0.494 e. The van der Waals surface area contributed by atoms with Crippen LogP contribution in [0.25, 0.3) is 0 Å². The first-order chi connectivity index (χ1) is 15.2. The molecule has 3 unspecified atom stereocenters. The van der Waals surface area contributed by atoms with Crippen LogP contribution in [-0.2, 0) is 31.9 Å². The van der Waals surface area contributed by atoms with E-state index in [4.69, 9.17) is 18.8 Å². The molecule has 32 heavy (non-hydrogen) atoms. The minimum absolute atomic E-state index is 0.0460. The molecular weight excluding hydrogens is 403 g/mol. The van der Waals surface area contributed by atoms with Crippen LogP contribution in [0.5, 0.6) is 5.75 Å². The van der Waals surface area contributed by atoms with Crippen LogP contribution in [-0.4, -0.2) is 30.9 Å². The predicted molar refractivity (Wildman–Crippen MR) is 123 cm³/mol. The molecule has 1 saturated carbocycles. The average molecular weight is 434 g/mol. The number of rotatable bonds is 6. The monoisotopic (exact) mass is 434 g/mol. The first-order valence-electron chi connectivity index (χ1n) is 11.6. The molecule has 6 heteroatoms. The topological polar surface area (TPSA) is 54.0 Å². The van der Waals surface area contributed by atoms with Gasteiger partial charge in [0.05, 0.1) is 23.7 Å². The summed E-state index contributed by atoms with van der Waals surface area (Å²) in [6.07, 6.45) is 0.929. The lowest BCUT2D eigenvalue weighted by atomic mass is 9.78. The van der Waals surface area contributed by atoms with E-state index in [0.29, 0.717) is 25.0 Å².